The Kier molecular flexibility index (Phi) is 3.62. The number of benzene rings is 1. The van der Waals surface area contributed by atoms with E-state index < -0.39 is 0 Å². The van der Waals surface area contributed by atoms with Crippen molar-refractivity contribution in [3.63, 3.8) is 0 Å². The van der Waals surface area contributed by atoms with Crippen LogP contribution in [-0.2, 0) is 13.0 Å². The standard InChI is InChI=1S/C14H12BrClN2O/c15-11-6-9-3-5-19-13(9)10(7-11)8-18-14-12(16)2-1-4-17-14/h1-2,4,6-7H,3,5,8H2,(H,17,18). The fraction of sp³-hybridized carbons (Fsp3) is 0.214. The zero-order valence-electron chi connectivity index (χ0n) is 10.1. The van der Waals surface area contributed by atoms with Gasteiger partial charge < -0.3 is 10.1 Å². The summed E-state index contributed by atoms with van der Waals surface area (Å²) in [5.41, 5.74) is 2.36. The van der Waals surface area contributed by atoms with Crippen molar-refractivity contribution in [1.29, 1.82) is 0 Å². The van der Waals surface area contributed by atoms with Gasteiger partial charge in [0, 0.05) is 29.2 Å². The molecule has 1 aromatic heterocycles. The molecule has 0 unspecified atom stereocenters. The predicted molar refractivity (Wildman–Crippen MR) is 79.9 cm³/mol. The second kappa shape index (κ2) is 5.39. The summed E-state index contributed by atoms with van der Waals surface area (Å²) in [4.78, 5) is 4.21. The Hall–Kier alpha value is -1.26. The molecule has 0 saturated heterocycles. The Morgan fingerprint density at radius 3 is 3.16 bits per heavy atom. The van der Waals surface area contributed by atoms with E-state index in [1.807, 2.05) is 12.1 Å². The van der Waals surface area contributed by atoms with Crippen molar-refractivity contribution in [3.8, 4) is 5.75 Å². The van der Waals surface area contributed by atoms with Crippen molar-refractivity contribution in [2.24, 2.45) is 0 Å². The van der Waals surface area contributed by atoms with Gasteiger partial charge in [0.1, 0.15) is 11.6 Å². The number of hydrogen-bond acceptors (Lipinski definition) is 3. The van der Waals surface area contributed by atoms with Crippen LogP contribution in [0.25, 0.3) is 0 Å². The number of anilines is 1. The molecule has 0 radical (unpaired) electrons. The average molecular weight is 340 g/mol. The lowest BCUT2D eigenvalue weighted by atomic mass is 10.1. The Morgan fingerprint density at radius 1 is 1.42 bits per heavy atom. The third-order valence-electron chi connectivity index (χ3n) is 3.03. The van der Waals surface area contributed by atoms with Crippen LogP contribution < -0.4 is 10.1 Å². The van der Waals surface area contributed by atoms with Gasteiger partial charge >= 0.3 is 0 Å². The molecule has 0 saturated carbocycles. The first-order chi connectivity index (χ1) is 9.24. The second-order valence-electron chi connectivity index (χ2n) is 4.34. The monoisotopic (exact) mass is 338 g/mol. The van der Waals surface area contributed by atoms with Crippen LogP contribution in [0.3, 0.4) is 0 Å². The molecule has 1 aromatic carbocycles. The lowest BCUT2D eigenvalue weighted by Gasteiger charge is -2.11. The molecule has 1 aliphatic heterocycles. The van der Waals surface area contributed by atoms with Gasteiger partial charge in [-0.2, -0.15) is 0 Å². The Morgan fingerprint density at radius 2 is 2.32 bits per heavy atom. The molecule has 3 nitrogen and oxygen atoms in total. The molecule has 0 bridgehead atoms. The van der Waals surface area contributed by atoms with Crippen LogP contribution in [-0.4, -0.2) is 11.6 Å². The number of nitrogens with zero attached hydrogens (tertiary/aromatic N) is 1. The minimum atomic E-state index is 0.620. The summed E-state index contributed by atoms with van der Waals surface area (Å²) in [5, 5.41) is 3.86. The Balaban J connectivity index is 1.83. The van der Waals surface area contributed by atoms with Crippen molar-refractivity contribution in [2.45, 2.75) is 13.0 Å². The normalized spacial score (nSPS) is 12.9. The lowest BCUT2D eigenvalue weighted by molar-refractivity contribution is 0.354. The maximum atomic E-state index is 6.07. The van der Waals surface area contributed by atoms with Gasteiger partial charge in [-0.05, 0) is 29.8 Å². The van der Waals surface area contributed by atoms with E-state index in [-0.39, 0.29) is 0 Å². The van der Waals surface area contributed by atoms with Crippen LogP contribution in [0.5, 0.6) is 5.75 Å². The second-order valence-corrected chi connectivity index (χ2v) is 5.66. The number of nitrogens with one attached hydrogen (secondary N) is 1. The summed E-state index contributed by atoms with van der Waals surface area (Å²) in [5.74, 6) is 1.68. The maximum Gasteiger partial charge on any atom is 0.145 e. The van der Waals surface area contributed by atoms with E-state index >= 15 is 0 Å². The van der Waals surface area contributed by atoms with Crippen molar-refractivity contribution in [3.05, 3.63) is 51.1 Å². The van der Waals surface area contributed by atoms with Crippen LogP contribution in [0.1, 0.15) is 11.1 Å². The summed E-state index contributed by atoms with van der Waals surface area (Å²) in [6.45, 7) is 1.39. The van der Waals surface area contributed by atoms with Crippen LogP contribution in [0, 0.1) is 0 Å². The molecule has 19 heavy (non-hydrogen) atoms. The Bertz CT molecular complexity index is 618. The van der Waals surface area contributed by atoms with Gasteiger partial charge in [-0.25, -0.2) is 4.98 Å². The number of aromatic nitrogens is 1. The fourth-order valence-corrected chi connectivity index (χ4v) is 2.91. The smallest absolute Gasteiger partial charge is 0.145 e. The van der Waals surface area contributed by atoms with E-state index in [0.29, 0.717) is 17.4 Å². The van der Waals surface area contributed by atoms with E-state index in [1.54, 1.807) is 6.20 Å². The molecule has 2 aromatic rings. The van der Waals surface area contributed by atoms with Gasteiger partial charge in [0.15, 0.2) is 0 Å². The van der Waals surface area contributed by atoms with Crippen LogP contribution in [0.4, 0.5) is 5.82 Å². The number of rotatable bonds is 3. The van der Waals surface area contributed by atoms with Gasteiger partial charge in [0.25, 0.3) is 0 Å². The van der Waals surface area contributed by atoms with Crippen molar-refractivity contribution >= 4 is 33.3 Å². The van der Waals surface area contributed by atoms with Gasteiger partial charge in [0.05, 0.1) is 11.6 Å². The molecule has 0 atom stereocenters. The molecular formula is C14H12BrClN2O. The van der Waals surface area contributed by atoms with Crippen LogP contribution >= 0.6 is 27.5 Å². The minimum Gasteiger partial charge on any atom is -0.493 e. The summed E-state index contributed by atoms with van der Waals surface area (Å²) in [6, 6.07) is 7.81. The van der Waals surface area contributed by atoms with E-state index in [0.717, 1.165) is 28.8 Å². The highest BCUT2D eigenvalue weighted by molar-refractivity contribution is 9.10. The quantitative estimate of drug-likeness (QED) is 0.916. The third kappa shape index (κ3) is 2.69. The number of pyridine rings is 1. The fourth-order valence-electron chi connectivity index (χ4n) is 2.17. The van der Waals surface area contributed by atoms with Crippen LogP contribution in [0.2, 0.25) is 5.02 Å². The highest BCUT2D eigenvalue weighted by Gasteiger charge is 2.17. The van der Waals surface area contributed by atoms with E-state index in [4.69, 9.17) is 16.3 Å². The molecule has 0 aliphatic carbocycles. The van der Waals surface area contributed by atoms with E-state index in [9.17, 15) is 0 Å². The number of halogens is 2. The van der Waals surface area contributed by atoms with E-state index in [2.05, 4.69) is 38.4 Å². The summed E-state index contributed by atoms with van der Waals surface area (Å²) in [7, 11) is 0. The molecule has 3 rings (SSSR count). The summed E-state index contributed by atoms with van der Waals surface area (Å²) >= 11 is 9.60. The number of ether oxygens (including phenoxy) is 1. The molecule has 98 valence electrons. The SMILES string of the molecule is Clc1cccnc1NCc1cc(Br)cc2c1OCC2. The van der Waals surface area contributed by atoms with Gasteiger partial charge in [-0.3, -0.25) is 0 Å². The first-order valence-electron chi connectivity index (χ1n) is 6.02. The van der Waals surface area contributed by atoms with Gasteiger partial charge in [-0.1, -0.05) is 27.5 Å². The molecule has 0 spiro atoms. The largest absolute Gasteiger partial charge is 0.493 e. The third-order valence-corrected chi connectivity index (χ3v) is 3.79. The van der Waals surface area contributed by atoms with E-state index in [1.165, 1.54) is 5.56 Å². The Labute approximate surface area is 125 Å². The summed E-state index contributed by atoms with van der Waals surface area (Å²) in [6.07, 6.45) is 2.68. The maximum absolute atomic E-state index is 6.07. The number of hydrogen-bond donors (Lipinski definition) is 1. The first kappa shape index (κ1) is 12.8. The summed E-state index contributed by atoms with van der Waals surface area (Å²) < 4.78 is 6.76. The molecule has 2 heterocycles. The molecule has 1 N–H and O–H groups in total. The highest BCUT2D eigenvalue weighted by atomic mass is 79.9. The zero-order chi connectivity index (χ0) is 13.2. The van der Waals surface area contributed by atoms with Crippen LogP contribution in [0.15, 0.2) is 34.9 Å². The van der Waals surface area contributed by atoms with Gasteiger partial charge in [0.2, 0.25) is 0 Å². The van der Waals surface area contributed by atoms with Crippen molar-refractivity contribution in [1.82, 2.24) is 4.98 Å². The highest BCUT2D eigenvalue weighted by Crippen LogP contribution is 2.33. The molecule has 1 aliphatic rings. The molecule has 0 fully saturated rings. The first-order valence-corrected chi connectivity index (χ1v) is 7.19. The molecule has 5 heteroatoms. The minimum absolute atomic E-state index is 0.620. The average Bonchev–Trinajstić information content (AvgIpc) is 2.85. The predicted octanol–water partition coefficient (Wildman–Crippen LogP) is 4.04. The molecular weight excluding hydrogens is 328 g/mol. The lowest BCUT2D eigenvalue weighted by Crippen LogP contribution is -2.03. The van der Waals surface area contributed by atoms with Crippen molar-refractivity contribution in [2.75, 3.05) is 11.9 Å². The van der Waals surface area contributed by atoms with Gasteiger partial charge in [-0.15, -0.1) is 0 Å². The molecule has 0 amide bonds. The zero-order valence-corrected chi connectivity index (χ0v) is 12.5. The number of fused-ring (bicyclic) bond motifs is 1. The van der Waals surface area contributed by atoms with Crippen molar-refractivity contribution < 1.29 is 4.74 Å². The topological polar surface area (TPSA) is 34.2 Å².